The number of rotatable bonds is 10. The number of aliphatic hydroxyl groups is 1. The highest BCUT2D eigenvalue weighted by atomic mass is 35.5. The van der Waals surface area contributed by atoms with Gasteiger partial charge in [-0.05, 0) is 41.0 Å². The summed E-state index contributed by atoms with van der Waals surface area (Å²) in [6.45, 7) is 4.85. The Bertz CT molecular complexity index is 1720. The Kier molecular flexibility index (Phi) is 10.9. The number of carbonyl (C=O) groups excluding carboxylic acids is 2. The van der Waals surface area contributed by atoms with Gasteiger partial charge in [0.15, 0.2) is 0 Å². The largest absolute Gasteiger partial charge is 0.390 e. The van der Waals surface area contributed by atoms with E-state index < -0.39 is 17.9 Å². The molecule has 12 heteroatoms. The van der Waals surface area contributed by atoms with Crippen molar-refractivity contribution in [2.24, 2.45) is 5.73 Å². The molecule has 2 aliphatic heterocycles. The maximum atomic E-state index is 12.6. The second kappa shape index (κ2) is 15.2. The number of nitrogens with two attached hydrogens (primary N) is 1. The van der Waals surface area contributed by atoms with Crippen LogP contribution < -0.4 is 11.1 Å². The summed E-state index contributed by atoms with van der Waals surface area (Å²) >= 11 is 14.7. The number of primary amides is 1. The van der Waals surface area contributed by atoms with Gasteiger partial charge in [-0.2, -0.15) is 16.9 Å². The number of β-amino-alcohol motifs (C(OH)–C–C–N with tert-alkyl or cyclic N) is 1. The van der Waals surface area contributed by atoms with Gasteiger partial charge in [-0.3, -0.25) is 19.2 Å². The first-order valence-electron chi connectivity index (χ1n) is 15.7. The van der Waals surface area contributed by atoms with Crippen LogP contribution in [0.5, 0.6) is 0 Å². The molecule has 0 saturated carbocycles. The third-order valence-corrected chi connectivity index (χ3v) is 10.2. The van der Waals surface area contributed by atoms with Crippen LogP contribution >= 0.6 is 35.0 Å². The fourth-order valence-corrected chi connectivity index (χ4v) is 7.52. The minimum absolute atomic E-state index is 0.210. The lowest BCUT2D eigenvalue weighted by Gasteiger charge is -2.29. The summed E-state index contributed by atoms with van der Waals surface area (Å²) < 4.78 is 1.88. The lowest BCUT2D eigenvalue weighted by molar-refractivity contribution is -0.144. The van der Waals surface area contributed by atoms with Crippen molar-refractivity contribution in [3.8, 4) is 22.4 Å². The maximum Gasteiger partial charge on any atom is 0.311 e. The number of aromatic nitrogens is 2. The predicted octanol–water partition coefficient (Wildman–Crippen LogP) is 4.59. The van der Waals surface area contributed by atoms with Crippen LogP contribution in [0.1, 0.15) is 22.4 Å². The molecule has 246 valence electrons. The molecular formula is C35H38Cl2N6O3S. The van der Waals surface area contributed by atoms with Gasteiger partial charge in [0.1, 0.15) is 0 Å². The number of halogens is 2. The zero-order valence-electron chi connectivity index (χ0n) is 26.0. The zero-order valence-corrected chi connectivity index (χ0v) is 28.3. The molecule has 0 bridgehead atoms. The van der Waals surface area contributed by atoms with Crippen molar-refractivity contribution in [3.05, 3.63) is 99.2 Å². The molecular weight excluding hydrogens is 655 g/mol. The lowest BCUT2D eigenvalue weighted by atomic mass is 9.97. The van der Waals surface area contributed by atoms with Gasteiger partial charge in [0.2, 0.25) is 0 Å². The highest BCUT2D eigenvalue weighted by molar-refractivity contribution is 7.99. The molecule has 0 aliphatic carbocycles. The van der Waals surface area contributed by atoms with Gasteiger partial charge in [0.05, 0.1) is 24.9 Å². The van der Waals surface area contributed by atoms with Crippen LogP contribution in [0.15, 0.2) is 66.7 Å². The number of aliphatic hydroxyl groups excluding tert-OH is 1. The van der Waals surface area contributed by atoms with Crippen LogP contribution in [0, 0.1) is 0 Å². The minimum Gasteiger partial charge on any atom is -0.390 e. The Hall–Kier alpha value is -3.38. The van der Waals surface area contributed by atoms with E-state index in [0.29, 0.717) is 43.3 Å². The molecule has 1 fully saturated rings. The Morgan fingerprint density at radius 1 is 0.915 bits per heavy atom. The van der Waals surface area contributed by atoms with Crippen LogP contribution in [-0.4, -0.2) is 80.3 Å². The van der Waals surface area contributed by atoms with E-state index >= 15 is 0 Å². The van der Waals surface area contributed by atoms with Crippen molar-refractivity contribution < 1.29 is 14.7 Å². The second-order valence-electron chi connectivity index (χ2n) is 12.0. The number of nitrogens with zero attached hydrogens (tertiary/aromatic N) is 4. The van der Waals surface area contributed by atoms with Crippen LogP contribution in [0.25, 0.3) is 22.4 Å². The number of thioether (sulfide) groups is 1. The fraction of sp³-hybridized carbons (Fsp3) is 0.343. The maximum absolute atomic E-state index is 12.6. The number of fused-ring (bicyclic) bond motifs is 1. The van der Waals surface area contributed by atoms with E-state index in [1.165, 1.54) is 4.90 Å². The number of hydrogen-bond donors (Lipinski definition) is 3. The van der Waals surface area contributed by atoms with Gasteiger partial charge in [-0.25, -0.2) is 0 Å². The van der Waals surface area contributed by atoms with Crippen molar-refractivity contribution in [1.82, 2.24) is 24.9 Å². The molecule has 6 rings (SSSR count). The third-order valence-electron chi connectivity index (χ3n) is 8.66. The molecule has 9 nitrogen and oxygen atoms in total. The normalized spacial score (nSPS) is 15.8. The van der Waals surface area contributed by atoms with Gasteiger partial charge in [0.25, 0.3) is 0 Å². The smallest absolute Gasteiger partial charge is 0.311 e. The number of carbonyl (C=O) groups is 2. The SMILES string of the molecule is NC(=O)C(=O)N1CCc2c(c(-c3ccc(Cl)c(-c4ccc(CNCc5ccc(Cl)cc5)cc4)c3)nn2C[C@@H](O)CN2CCSCC2)C1. The third kappa shape index (κ3) is 8.20. The van der Waals surface area contributed by atoms with Gasteiger partial charge < -0.3 is 21.1 Å². The first-order valence-corrected chi connectivity index (χ1v) is 17.7. The molecule has 1 atom stereocenters. The molecule has 0 unspecified atom stereocenters. The van der Waals surface area contributed by atoms with E-state index in [9.17, 15) is 14.7 Å². The van der Waals surface area contributed by atoms with Gasteiger partial charge >= 0.3 is 11.8 Å². The highest BCUT2D eigenvalue weighted by Gasteiger charge is 2.31. The second-order valence-corrected chi connectivity index (χ2v) is 14.1. The first kappa shape index (κ1) is 33.5. The van der Waals surface area contributed by atoms with Crippen molar-refractivity contribution in [2.75, 3.05) is 37.7 Å². The Balaban J connectivity index is 1.23. The molecule has 2 amide bonds. The summed E-state index contributed by atoms with van der Waals surface area (Å²) in [5, 5.41) is 20.9. The van der Waals surface area contributed by atoms with Crippen LogP contribution in [0.3, 0.4) is 0 Å². The van der Waals surface area contributed by atoms with Crippen molar-refractivity contribution in [2.45, 2.75) is 38.7 Å². The van der Waals surface area contributed by atoms with Gasteiger partial charge in [-0.1, -0.05) is 65.7 Å². The van der Waals surface area contributed by atoms with E-state index in [4.69, 9.17) is 34.0 Å². The van der Waals surface area contributed by atoms with Crippen molar-refractivity contribution in [1.29, 1.82) is 0 Å². The van der Waals surface area contributed by atoms with Crippen LogP contribution in [0.2, 0.25) is 10.0 Å². The van der Waals surface area contributed by atoms with E-state index in [1.54, 1.807) is 0 Å². The minimum atomic E-state index is -0.977. The first-order chi connectivity index (χ1) is 22.7. The van der Waals surface area contributed by atoms with E-state index in [0.717, 1.165) is 75.2 Å². The highest BCUT2D eigenvalue weighted by Crippen LogP contribution is 2.36. The predicted molar refractivity (Wildman–Crippen MR) is 188 cm³/mol. The zero-order chi connectivity index (χ0) is 32.9. The number of amides is 2. The summed E-state index contributed by atoms with van der Waals surface area (Å²) in [5.74, 6) is 0.452. The fourth-order valence-electron chi connectivity index (χ4n) is 6.19. The average Bonchev–Trinajstić information content (AvgIpc) is 3.43. The molecule has 4 aromatic rings. The number of benzene rings is 3. The van der Waals surface area contributed by atoms with E-state index in [-0.39, 0.29) is 6.54 Å². The van der Waals surface area contributed by atoms with Gasteiger partial charge in [-0.15, -0.1) is 0 Å². The average molecular weight is 694 g/mol. The summed E-state index contributed by atoms with van der Waals surface area (Å²) in [4.78, 5) is 28.1. The molecule has 1 aromatic heterocycles. The summed E-state index contributed by atoms with van der Waals surface area (Å²) in [6.07, 6.45) is -0.0947. The Labute approximate surface area is 289 Å². The molecule has 47 heavy (non-hydrogen) atoms. The molecule has 2 aliphatic rings. The van der Waals surface area contributed by atoms with Crippen molar-refractivity contribution >= 4 is 46.8 Å². The topological polar surface area (TPSA) is 117 Å². The molecule has 0 radical (unpaired) electrons. The molecule has 3 heterocycles. The summed E-state index contributed by atoms with van der Waals surface area (Å²) in [5.41, 5.74) is 12.8. The van der Waals surface area contributed by atoms with E-state index in [1.807, 2.05) is 58.9 Å². The molecule has 4 N–H and O–H groups in total. The van der Waals surface area contributed by atoms with E-state index in [2.05, 4.69) is 34.5 Å². The molecule has 3 aromatic carbocycles. The quantitative estimate of drug-likeness (QED) is 0.208. The van der Waals surface area contributed by atoms with Gasteiger partial charge in [0, 0.05) is 89.6 Å². The van der Waals surface area contributed by atoms with Crippen molar-refractivity contribution in [3.63, 3.8) is 0 Å². The molecule has 1 saturated heterocycles. The standard InChI is InChI=1S/C35H38Cl2N6O3S/c36-27-8-3-24(4-9-27)19-39-18-23-1-5-25(6-2-23)29-17-26(7-10-31(29)37)33-30-22-42(35(46)34(38)45)12-11-32(30)43(40-33)21-28(44)20-41-13-15-47-16-14-41/h1-10,17,28,39,44H,11-16,18-22H2,(H2,38,45)/t28-/m0/s1. The molecule has 0 spiro atoms. The Morgan fingerprint density at radius 3 is 2.26 bits per heavy atom. The summed E-state index contributed by atoms with van der Waals surface area (Å²) in [7, 11) is 0. The lowest BCUT2D eigenvalue weighted by Crippen LogP contribution is -2.43. The Morgan fingerprint density at radius 2 is 1.57 bits per heavy atom. The summed E-state index contributed by atoms with van der Waals surface area (Å²) in [6, 6.07) is 21.9. The monoisotopic (exact) mass is 692 g/mol. The van der Waals surface area contributed by atoms with Crippen LogP contribution in [0.4, 0.5) is 0 Å². The number of nitrogens with one attached hydrogen (secondary N) is 1. The van der Waals surface area contributed by atoms with Crippen LogP contribution in [-0.2, 0) is 42.2 Å². The number of hydrogen-bond acceptors (Lipinski definition) is 7.